The number of carbonyl (C=O) groups is 1. The zero-order valence-corrected chi connectivity index (χ0v) is 15.4. The number of carbonyl (C=O) groups excluding carboxylic acids is 1. The summed E-state index contributed by atoms with van der Waals surface area (Å²) in [6, 6.07) is 19.0. The minimum atomic E-state index is -0.624. The molecule has 0 saturated carbocycles. The molecular weight excluding hydrogens is 350 g/mol. The van der Waals surface area contributed by atoms with Gasteiger partial charge in [0.1, 0.15) is 11.5 Å². The molecule has 3 rings (SSSR count). The Bertz CT molecular complexity index is 926. The number of fused-ring (bicyclic) bond motifs is 1. The molecule has 0 fully saturated rings. The lowest BCUT2D eigenvalue weighted by atomic mass is 10.1. The molecular formula is C21H20ClNO3. The SMILES string of the molecule is COc1ccc2ccc(O[C@@H](C)C(=O)NCc3ccccc3Cl)cc2c1. The summed E-state index contributed by atoms with van der Waals surface area (Å²) in [6.45, 7) is 2.08. The van der Waals surface area contributed by atoms with Gasteiger partial charge in [-0.3, -0.25) is 4.79 Å². The fourth-order valence-corrected chi connectivity index (χ4v) is 2.83. The van der Waals surface area contributed by atoms with Crippen molar-refractivity contribution in [3.63, 3.8) is 0 Å². The first-order chi connectivity index (χ1) is 12.6. The third-order valence-electron chi connectivity index (χ3n) is 4.11. The second kappa shape index (κ2) is 8.11. The lowest BCUT2D eigenvalue weighted by Crippen LogP contribution is -2.35. The van der Waals surface area contributed by atoms with Gasteiger partial charge in [0.25, 0.3) is 5.91 Å². The van der Waals surface area contributed by atoms with Crippen LogP contribution in [0.25, 0.3) is 10.8 Å². The molecule has 1 amide bonds. The van der Waals surface area contributed by atoms with Crippen molar-refractivity contribution in [1.82, 2.24) is 5.32 Å². The van der Waals surface area contributed by atoms with E-state index in [0.29, 0.717) is 17.3 Å². The topological polar surface area (TPSA) is 47.6 Å². The quantitative estimate of drug-likeness (QED) is 0.691. The molecule has 3 aromatic rings. The lowest BCUT2D eigenvalue weighted by molar-refractivity contribution is -0.127. The first-order valence-corrected chi connectivity index (χ1v) is 8.70. The molecule has 26 heavy (non-hydrogen) atoms. The molecule has 1 N–H and O–H groups in total. The summed E-state index contributed by atoms with van der Waals surface area (Å²) in [7, 11) is 1.63. The molecule has 0 aliphatic rings. The molecule has 5 heteroatoms. The Labute approximate surface area is 157 Å². The average molecular weight is 370 g/mol. The predicted octanol–water partition coefficient (Wildman–Crippen LogP) is 4.59. The van der Waals surface area contributed by atoms with E-state index in [-0.39, 0.29) is 5.91 Å². The van der Waals surface area contributed by atoms with Crippen molar-refractivity contribution in [2.24, 2.45) is 0 Å². The zero-order chi connectivity index (χ0) is 18.5. The van der Waals surface area contributed by atoms with Crippen molar-refractivity contribution in [2.45, 2.75) is 19.6 Å². The number of hydrogen-bond acceptors (Lipinski definition) is 3. The summed E-state index contributed by atoms with van der Waals surface area (Å²) in [4.78, 5) is 12.3. The number of methoxy groups -OCH3 is 1. The molecule has 0 aliphatic heterocycles. The van der Waals surface area contributed by atoms with E-state index in [4.69, 9.17) is 21.1 Å². The van der Waals surface area contributed by atoms with Gasteiger partial charge in [-0.15, -0.1) is 0 Å². The van der Waals surface area contributed by atoms with Gasteiger partial charge in [0, 0.05) is 11.6 Å². The van der Waals surface area contributed by atoms with E-state index in [0.717, 1.165) is 22.1 Å². The molecule has 0 aliphatic carbocycles. The van der Waals surface area contributed by atoms with Crippen LogP contribution in [-0.2, 0) is 11.3 Å². The second-order valence-corrected chi connectivity index (χ2v) is 6.35. The molecule has 0 aromatic heterocycles. The van der Waals surface area contributed by atoms with Crippen LogP contribution in [0, 0.1) is 0 Å². The van der Waals surface area contributed by atoms with Crippen molar-refractivity contribution in [3.8, 4) is 11.5 Å². The van der Waals surface area contributed by atoms with Crippen molar-refractivity contribution < 1.29 is 14.3 Å². The number of ether oxygens (including phenoxy) is 2. The Kier molecular flexibility index (Phi) is 5.64. The molecule has 134 valence electrons. The summed E-state index contributed by atoms with van der Waals surface area (Å²) in [5.41, 5.74) is 0.868. The first-order valence-electron chi connectivity index (χ1n) is 8.32. The van der Waals surface area contributed by atoms with Gasteiger partial charge in [-0.25, -0.2) is 0 Å². The van der Waals surface area contributed by atoms with Crippen LogP contribution < -0.4 is 14.8 Å². The minimum Gasteiger partial charge on any atom is -0.497 e. The van der Waals surface area contributed by atoms with Crippen LogP contribution in [0.3, 0.4) is 0 Å². The lowest BCUT2D eigenvalue weighted by Gasteiger charge is -2.15. The molecule has 1 atom stereocenters. The van der Waals surface area contributed by atoms with E-state index >= 15 is 0 Å². The molecule has 0 heterocycles. The Morgan fingerprint density at radius 2 is 1.73 bits per heavy atom. The van der Waals surface area contributed by atoms with Crippen molar-refractivity contribution in [3.05, 3.63) is 71.2 Å². The smallest absolute Gasteiger partial charge is 0.261 e. The number of nitrogens with one attached hydrogen (secondary N) is 1. The highest BCUT2D eigenvalue weighted by Gasteiger charge is 2.15. The van der Waals surface area contributed by atoms with Crippen LogP contribution in [0.1, 0.15) is 12.5 Å². The maximum Gasteiger partial charge on any atom is 0.261 e. The van der Waals surface area contributed by atoms with E-state index in [1.165, 1.54) is 0 Å². The highest BCUT2D eigenvalue weighted by molar-refractivity contribution is 6.31. The van der Waals surface area contributed by atoms with Crippen LogP contribution in [-0.4, -0.2) is 19.1 Å². The number of hydrogen-bond donors (Lipinski definition) is 1. The van der Waals surface area contributed by atoms with E-state index in [9.17, 15) is 4.79 Å². The maximum absolute atomic E-state index is 12.3. The standard InChI is InChI=1S/C21H20ClNO3/c1-14(21(24)23-13-16-5-3-4-6-20(16)22)26-19-10-8-15-7-9-18(25-2)11-17(15)12-19/h3-12,14H,13H2,1-2H3,(H,23,24)/t14-/m0/s1. The van der Waals surface area contributed by atoms with Crippen LogP contribution in [0.4, 0.5) is 0 Å². The van der Waals surface area contributed by atoms with Crippen LogP contribution in [0.2, 0.25) is 5.02 Å². The summed E-state index contributed by atoms with van der Waals surface area (Å²) in [6.07, 6.45) is -0.624. The molecule has 0 unspecified atom stereocenters. The van der Waals surface area contributed by atoms with Crippen LogP contribution in [0.15, 0.2) is 60.7 Å². The third kappa shape index (κ3) is 4.27. The number of rotatable bonds is 6. The number of benzene rings is 3. The second-order valence-electron chi connectivity index (χ2n) is 5.94. The summed E-state index contributed by atoms with van der Waals surface area (Å²) < 4.78 is 11.0. The highest BCUT2D eigenvalue weighted by atomic mass is 35.5. The molecule has 4 nitrogen and oxygen atoms in total. The summed E-state index contributed by atoms with van der Waals surface area (Å²) in [5.74, 6) is 1.21. The van der Waals surface area contributed by atoms with E-state index < -0.39 is 6.10 Å². The monoisotopic (exact) mass is 369 g/mol. The molecule has 0 saturated heterocycles. The fourth-order valence-electron chi connectivity index (χ4n) is 2.63. The highest BCUT2D eigenvalue weighted by Crippen LogP contribution is 2.25. The first kappa shape index (κ1) is 18.1. The Hall–Kier alpha value is -2.72. The van der Waals surface area contributed by atoms with Crippen molar-refractivity contribution in [2.75, 3.05) is 7.11 Å². The largest absolute Gasteiger partial charge is 0.497 e. The van der Waals surface area contributed by atoms with Gasteiger partial charge in [0.2, 0.25) is 0 Å². The molecule has 0 spiro atoms. The van der Waals surface area contributed by atoms with Gasteiger partial charge < -0.3 is 14.8 Å². The minimum absolute atomic E-state index is 0.198. The molecule has 0 radical (unpaired) electrons. The van der Waals surface area contributed by atoms with Crippen molar-refractivity contribution in [1.29, 1.82) is 0 Å². The third-order valence-corrected chi connectivity index (χ3v) is 4.48. The average Bonchev–Trinajstić information content (AvgIpc) is 2.66. The van der Waals surface area contributed by atoms with Crippen LogP contribution >= 0.6 is 11.6 Å². The van der Waals surface area contributed by atoms with Gasteiger partial charge in [-0.05, 0) is 53.6 Å². The van der Waals surface area contributed by atoms with E-state index in [2.05, 4.69) is 5.32 Å². The van der Waals surface area contributed by atoms with Crippen LogP contribution in [0.5, 0.6) is 11.5 Å². The summed E-state index contributed by atoms with van der Waals surface area (Å²) >= 11 is 6.10. The normalized spacial score (nSPS) is 11.8. The maximum atomic E-state index is 12.3. The molecule has 3 aromatic carbocycles. The Morgan fingerprint density at radius 3 is 2.46 bits per heavy atom. The van der Waals surface area contributed by atoms with Gasteiger partial charge in [-0.1, -0.05) is 41.9 Å². The van der Waals surface area contributed by atoms with E-state index in [1.807, 2.05) is 54.6 Å². The zero-order valence-electron chi connectivity index (χ0n) is 14.7. The molecule has 0 bridgehead atoms. The van der Waals surface area contributed by atoms with Gasteiger partial charge in [0.05, 0.1) is 7.11 Å². The summed E-state index contributed by atoms with van der Waals surface area (Å²) in [5, 5.41) is 5.55. The Balaban J connectivity index is 1.65. The Morgan fingerprint density at radius 1 is 1.04 bits per heavy atom. The number of amides is 1. The number of halogens is 1. The van der Waals surface area contributed by atoms with Gasteiger partial charge >= 0.3 is 0 Å². The fraction of sp³-hybridized carbons (Fsp3) is 0.190. The van der Waals surface area contributed by atoms with Gasteiger partial charge in [-0.2, -0.15) is 0 Å². The van der Waals surface area contributed by atoms with Gasteiger partial charge in [0.15, 0.2) is 6.10 Å². The predicted molar refractivity (Wildman–Crippen MR) is 104 cm³/mol. The van der Waals surface area contributed by atoms with E-state index in [1.54, 1.807) is 20.1 Å². The van der Waals surface area contributed by atoms with Crippen molar-refractivity contribution >= 4 is 28.3 Å².